The van der Waals surface area contributed by atoms with Crippen LogP contribution in [-0.2, 0) is 9.47 Å². The van der Waals surface area contributed by atoms with E-state index in [0.717, 1.165) is 25.0 Å². The van der Waals surface area contributed by atoms with Crippen LogP contribution in [0.1, 0.15) is 12.8 Å². The molecule has 20 heavy (non-hydrogen) atoms. The first-order chi connectivity index (χ1) is 9.65. The molecule has 1 fully saturated rings. The minimum atomic E-state index is -0.976. The molecule has 1 saturated heterocycles. The fourth-order valence-corrected chi connectivity index (χ4v) is 1.90. The lowest BCUT2D eigenvalue weighted by molar-refractivity contribution is -0.0659. The summed E-state index contributed by atoms with van der Waals surface area (Å²) in [6.45, 7) is 1.46. The van der Waals surface area contributed by atoms with Gasteiger partial charge in [0.25, 0.3) is 0 Å². The van der Waals surface area contributed by atoms with Gasteiger partial charge in [0.05, 0.1) is 12.7 Å². The van der Waals surface area contributed by atoms with Crippen LogP contribution in [0.3, 0.4) is 0 Å². The van der Waals surface area contributed by atoms with E-state index in [4.69, 9.17) is 14.2 Å². The van der Waals surface area contributed by atoms with E-state index in [0.29, 0.717) is 13.2 Å². The highest BCUT2D eigenvalue weighted by atomic mass is 19.2. The van der Waals surface area contributed by atoms with Gasteiger partial charge in [0, 0.05) is 19.3 Å². The van der Waals surface area contributed by atoms with Crippen LogP contribution in [-0.4, -0.2) is 43.7 Å². The monoisotopic (exact) mass is 288 g/mol. The van der Waals surface area contributed by atoms with Crippen LogP contribution in [0, 0.1) is 11.6 Å². The molecule has 1 aromatic carbocycles. The second-order valence-corrected chi connectivity index (χ2v) is 4.69. The van der Waals surface area contributed by atoms with Crippen LogP contribution < -0.4 is 4.74 Å². The van der Waals surface area contributed by atoms with E-state index in [1.807, 2.05) is 0 Å². The van der Waals surface area contributed by atoms with E-state index >= 15 is 0 Å². The topological polar surface area (TPSA) is 47.9 Å². The molecule has 1 atom stereocenters. The fourth-order valence-electron chi connectivity index (χ4n) is 1.90. The van der Waals surface area contributed by atoms with Gasteiger partial charge in [-0.3, -0.25) is 0 Å². The van der Waals surface area contributed by atoms with Gasteiger partial charge in [0.2, 0.25) is 0 Å². The average Bonchev–Trinajstić information content (AvgIpc) is 2.47. The molecule has 1 unspecified atom stereocenters. The fraction of sp³-hybridized carbons (Fsp3) is 0.571. The van der Waals surface area contributed by atoms with Gasteiger partial charge in [0.15, 0.2) is 11.6 Å². The lowest BCUT2D eigenvalue weighted by Gasteiger charge is -2.23. The maximum atomic E-state index is 12.9. The number of ether oxygens (including phenoxy) is 3. The molecule has 6 heteroatoms. The van der Waals surface area contributed by atoms with E-state index in [1.54, 1.807) is 0 Å². The Morgan fingerprint density at radius 3 is 2.65 bits per heavy atom. The summed E-state index contributed by atoms with van der Waals surface area (Å²) in [5, 5.41) is 9.72. The SMILES string of the molecule is OC(COc1ccc(F)c(F)c1)COC1CCOCC1. The first-order valence-electron chi connectivity index (χ1n) is 6.60. The minimum Gasteiger partial charge on any atom is -0.491 e. The van der Waals surface area contributed by atoms with Crippen molar-refractivity contribution in [2.24, 2.45) is 0 Å². The molecule has 0 saturated carbocycles. The maximum absolute atomic E-state index is 12.9. The zero-order valence-electron chi connectivity index (χ0n) is 11.1. The van der Waals surface area contributed by atoms with Crippen molar-refractivity contribution in [3.05, 3.63) is 29.8 Å². The molecule has 112 valence electrons. The van der Waals surface area contributed by atoms with Crippen LogP contribution in [0.25, 0.3) is 0 Å². The summed E-state index contributed by atoms with van der Waals surface area (Å²) in [4.78, 5) is 0. The summed E-state index contributed by atoms with van der Waals surface area (Å²) in [5.41, 5.74) is 0. The molecule has 0 radical (unpaired) electrons. The smallest absolute Gasteiger partial charge is 0.162 e. The second kappa shape index (κ2) is 7.52. The molecule has 1 aromatic rings. The first kappa shape index (κ1) is 15.2. The van der Waals surface area contributed by atoms with Crippen LogP contribution >= 0.6 is 0 Å². The molecular formula is C14H18F2O4. The molecule has 1 aliphatic rings. The van der Waals surface area contributed by atoms with Crippen molar-refractivity contribution < 1.29 is 28.1 Å². The number of aliphatic hydroxyl groups is 1. The summed E-state index contributed by atoms with van der Waals surface area (Å²) < 4.78 is 41.6. The van der Waals surface area contributed by atoms with Gasteiger partial charge in [-0.15, -0.1) is 0 Å². The number of aliphatic hydroxyl groups excluding tert-OH is 1. The maximum Gasteiger partial charge on any atom is 0.162 e. The van der Waals surface area contributed by atoms with Crippen molar-refractivity contribution in [2.45, 2.75) is 25.0 Å². The van der Waals surface area contributed by atoms with Crippen molar-refractivity contribution in [3.8, 4) is 5.75 Å². The Balaban J connectivity index is 1.68. The molecule has 0 spiro atoms. The molecule has 4 nitrogen and oxygen atoms in total. The number of halogens is 2. The van der Waals surface area contributed by atoms with Crippen LogP contribution in [0.2, 0.25) is 0 Å². The van der Waals surface area contributed by atoms with Gasteiger partial charge in [0.1, 0.15) is 18.5 Å². The second-order valence-electron chi connectivity index (χ2n) is 4.69. The van der Waals surface area contributed by atoms with E-state index < -0.39 is 17.7 Å². The Bertz CT molecular complexity index is 422. The summed E-state index contributed by atoms with van der Waals surface area (Å²) in [6.07, 6.45) is 0.917. The van der Waals surface area contributed by atoms with Gasteiger partial charge < -0.3 is 19.3 Å². The number of benzene rings is 1. The van der Waals surface area contributed by atoms with E-state index in [1.165, 1.54) is 6.07 Å². The number of hydrogen-bond donors (Lipinski definition) is 1. The standard InChI is InChI=1S/C14H18F2O4/c15-13-2-1-12(7-14(13)16)20-9-10(17)8-19-11-3-5-18-6-4-11/h1-2,7,10-11,17H,3-6,8-9H2. The number of hydrogen-bond acceptors (Lipinski definition) is 4. The van der Waals surface area contributed by atoms with Gasteiger partial charge in [-0.25, -0.2) is 8.78 Å². The van der Waals surface area contributed by atoms with Crippen LogP contribution in [0.15, 0.2) is 18.2 Å². The summed E-state index contributed by atoms with van der Waals surface area (Å²) in [7, 11) is 0. The molecule has 1 heterocycles. The Labute approximate surface area is 116 Å². The van der Waals surface area contributed by atoms with Crippen molar-refractivity contribution >= 4 is 0 Å². The zero-order valence-corrected chi connectivity index (χ0v) is 11.1. The third-order valence-electron chi connectivity index (χ3n) is 3.03. The zero-order chi connectivity index (χ0) is 14.4. The van der Waals surface area contributed by atoms with Gasteiger partial charge in [-0.05, 0) is 25.0 Å². The van der Waals surface area contributed by atoms with Crippen molar-refractivity contribution in [2.75, 3.05) is 26.4 Å². The molecule has 0 bridgehead atoms. The Hall–Kier alpha value is -1.24. The Kier molecular flexibility index (Phi) is 5.70. The highest BCUT2D eigenvalue weighted by Gasteiger charge is 2.16. The van der Waals surface area contributed by atoms with Crippen LogP contribution in [0.4, 0.5) is 8.78 Å². The van der Waals surface area contributed by atoms with Gasteiger partial charge >= 0.3 is 0 Å². The van der Waals surface area contributed by atoms with Gasteiger partial charge in [-0.1, -0.05) is 0 Å². The molecule has 2 rings (SSSR count). The Morgan fingerprint density at radius 2 is 1.95 bits per heavy atom. The summed E-state index contributed by atoms with van der Waals surface area (Å²) in [5.74, 6) is -1.73. The predicted molar refractivity (Wildman–Crippen MR) is 67.7 cm³/mol. The molecule has 1 aliphatic heterocycles. The molecule has 0 aromatic heterocycles. The third kappa shape index (κ3) is 4.70. The predicted octanol–water partition coefficient (Wildman–Crippen LogP) is 1.90. The van der Waals surface area contributed by atoms with E-state index in [9.17, 15) is 13.9 Å². The first-order valence-corrected chi connectivity index (χ1v) is 6.60. The Morgan fingerprint density at radius 1 is 1.20 bits per heavy atom. The third-order valence-corrected chi connectivity index (χ3v) is 3.03. The molecular weight excluding hydrogens is 270 g/mol. The lowest BCUT2D eigenvalue weighted by atomic mass is 10.1. The number of rotatable bonds is 6. The molecule has 1 N–H and O–H groups in total. The van der Waals surface area contributed by atoms with Crippen LogP contribution in [0.5, 0.6) is 5.75 Å². The highest BCUT2D eigenvalue weighted by molar-refractivity contribution is 5.23. The molecule has 0 amide bonds. The van der Waals surface area contributed by atoms with Crippen molar-refractivity contribution in [3.63, 3.8) is 0 Å². The van der Waals surface area contributed by atoms with Crippen molar-refractivity contribution in [1.82, 2.24) is 0 Å². The summed E-state index contributed by atoms with van der Waals surface area (Å²) in [6, 6.07) is 3.24. The lowest BCUT2D eigenvalue weighted by Crippen LogP contribution is -2.30. The normalized spacial score (nSPS) is 17.9. The molecule has 0 aliphatic carbocycles. The average molecular weight is 288 g/mol. The summed E-state index contributed by atoms with van der Waals surface area (Å²) >= 11 is 0. The van der Waals surface area contributed by atoms with E-state index in [-0.39, 0.29) is 25.1 Å². The van der Waals surface area contributed by atoms with Gasteiger partial charge in [-0.2, -0.15) is 0 Å². The quantitative estimate of drug-likeness (QED) is 0.868. The largest absolute Gasteiger partial charge is 0.491 e. The highest BCUT2D eigenvalue weighted by Crippen LogP contribution is 2.16. The minimum absolute atomic E-state index is 0.0334. The van der Waals surface area contributed by atoms with E-state index in [2.05, 4.69) is 0 Å². The van der Waals surface area contributed by atoms with Crippen molar-refractivity contribution in [1.29, 1.82) is 0 Å².